The van der Waals surface area contributed by atoms with Crippen molar-refractivity contribution in [2.75, 3.05) is 20.8 Å². The molecule has 3 rings (SSSR count). The summed E-state index contributed by atoms with van der Waals surface area (Å²) in [4.78, 5) is 26.7. The Bertz CT molecular complexity index is 850. The summed E-state index contributed by atoms with van der Waals surface area (Å²) < 4.78 is 10.7. The predicted molar refractivity (Wildman–Crippen MR) is 102 cm³/mol. The summed E-state index contributed by atoms with van der Waals surface area (Å²) >= 11 is 0. The number of nitrogens with one attached hydrogen (secondary N) is 1. The molecule has 0 spiro atoms. The van der Waals surface area contributed by atoms with Crippen LogP contribution >= 0.6 is 0 Å². The minimum atomic E-state index is -0.621. The first kappa shape index (κ1) is 18.8. The number of nitrogens with zero attached hydrogens (tertiary/aromatic N) is 1. The summed E-state index contributed by atoms with van der Waals surface area (Å²) in [6, 6.07) is 12.7. The minimum Gasteiger partial charge on any atom is -0.493 e. The molecule has 0 fully saturated rings. The van der Waals surface area contributed by atoms with Crippen molar-refractivity contribution < 1.29 is 19.1 Å². The van der Waals surface area contributed by atoms with Gasteiger partial charge in [0.25, 0.3) is 0 Å². The second-order valence-corrected chi connectivity index (χ2v) is 6.43. The molecule has 1 heterocycles. The van der Waals surface area contributed by atoms with E-state index in [9.17, 15) is 9.59 Å². The number of methoxy groups -OCH3 is 2. The molecule has 142 valence electrons. The van der Waals surface area contributed by atoms with Crippen LogP contribution in [0.3, 0.4) is 0 Å². The zero-order valence-corrected chi connectivity index (χ0v) is 15.8. The second kappa shape index (κ2) is 8.12. The summed E-state index contributed by atoms with van der Waals surface area (Å²) in [6.07, 6.45) is 0.753. The maximum atomic E-state index is 13.0. The number of para-hydroxylation sites is 1. The molecule has 0 unspecified atom stereocenters. The second-order valence-electron chi connectivity index (χ2n) is 6.43. The van der Waals surface area contributed by atoms with Crippen LogP contribution in [-0.2, 0) is 22.6 Å². The zero-order chi connectivity index (χ0) is 19.4. The SMILES string of the molecule is COc1cccc(CNC(=O)[C@@H]2c3ccccc3CCN2C(C)=O)c1OC. The van der Waals surface area contributed by atoms with Crippen molar-refractivity contribution in [1.29, 1.82) is 0 Å². The van der Waals surface area contributed by atoms with Crippen LogP contribution in [0, 0.1) is 0 Å². The van der Waals surface area contributed by atoms with E-state index >= 15 is 0 Å². The molecule has 0 aliphatic carbocycles. The molecule has 1 aliphatic rings. The third-order valence-corrected chi connectivity index (χ3v) is 4.87. The van der Waals surface area contributed by atoms with E-state index in [1.165, 1.54) is 6.92 Å². The fourth-order valence-electron chi connectivity index (χ4n) is 3.56. The molecule has 0 saturated carbocycles. The highest BCUT2D eigenvalue weighted by Crippen LogP contribution is 2.32. The molecule has 0 radical (unpaired) electrons. The van der Waals surface area contributed by atoms with Crippen molar-refractivity contribution in [3.05, 3.63) is 59.2 Å². The highest BCUT2D eigenvalue weighted by atomic mass is 16.5. The first-order valence-electron chi connectivity index (χ1n) is 8.89. The third-order valence-electron chi connectivity index (χ3n) is 4.87. The first-order chi connectivity index (χ1) is 13.1. The van der Waals surface area contributed by atoms with Crippen LogP contribution in [-0.4, -0.2) is 37.5 Å². The molecular weight excluding hydrogens is 344 g/mol. The van der Waals surface area contributed by atoms with Gasteiger partial charge in [0.1, 0.15) is 6.04 Å². The van der Waals surface area contributed by atoms with E-state index in [4.69, 9.17) is 9.47 Å². The predicted octanol–water partition coefficient (Wildman–Crippen LogP) is 2.47. The number of fused-ring (bicyclic) bond motifs is 1. The molecular formula is C21H24N2O4. The topological polar surface area (TPSA) is 67.9 Å². The Kier molecular flexibility index (Phi) is 5.64. The van der Waals surface area contributed by atoms with Gasteiger partial charge in [0.05, 0.1) is 14.2 Å². The molecule has 0 saturated heterocycles. The van der Waals surface area contributed by atoms with Gasteiger partial charge in [0.2, 0.25) is 11.8 Å². The average molecular weight is 368 g/mol. The van der Waals surface area contributed by atoms with Crippen molar-refractivity contribution >= 4 is 11.8 Å². The fourth-order valence-corrected chi connectivity index (χ4v) is 3.56. The number of hydrogen-bond donors (Lipinski definition) is 1. The zero-order valence-electron chi connectivity index (χ0n) is 15.8. The maximum Gasteiger partial charge on any atom is 0.247 e. The van der Waals surface area contributed by atoms with Gasteiger partial charge in [-0.25, -0.2) is 0 Å². The molecule has 6 heteroatoms. The van der Waals surface area contributed by atoms with E-state index in [1.54, 1.807) is 25.2 Å². The minimum absolute atomic E-state index is 0.108. The number of ether oxygens (including phenoxy) is 2. The molecule has 2 aromatic carbocycles. The van der Waals surface area contributed by atoms with Crippen LogP contribution < -0.4 is 14.8 Å². The summed E-state index contributed by atoms with van der Waals surface area (Å²) in [6.45, 7) is 2.32. The van der Waals surface area contributed by atoms with Crippen LogP contribution in [0.4, 0.5) is 0 Å². The average Bonchev–Trinajstić information content (AvgIpc) is 2.70. The lowest BCUT2D eigenvalue weighted by molar-refractivity contribution is -0.139. The third kappa shape index (κ3) is 3.74. The molecule has 2 aromatic rings. The fraction of sp³-hybridized carbons (Fsp3) is 0.333. The lowest BCUT2D eigenvalue weighted by atomic mass is 9.92. The van der Waals surface area contributed by atoms with Gasteiger partial charge in [-0.15, -0.1) is 0 Å². The Morgan fingerprint density at radius 2 is 1.89 bits per heavy atom. The van der Waals surface area contributed by atoms with Crippen LogP contribution in [0.5, 0.6) is 11.5 Å². The number of benzene rings is 2. The van der Waals surface area contributed by atoms with Gasteiger partial charge < -0.3 is 19.7 Å². The summed E-state index contributed by atoms with van der Waals surface area (Å²) in [5, 5.41) is 2.95. The number of carbonyl (C=O) groups is 2. The Morgan fingerprint density at radius 1 is 1.11 bits per heavy atom. The Balaban J connectivity index is 1.84. The highest BCUT2D eigenvalue weighted by molar-refractivity contribution is 5.89. The quantitative estimate of drug-likeness (QED) is 0.880. The number of rotatable bonds is 5. The van der Waals surface area contributed by atoms with Gasteiger partial charge in [-0.2, -0.15) is 0 Å². The number of carbonyl (C=O) groups excluding carboxylic acids is 2. The number of hydrogen-bond acceptors (Lipinski definition) is 4. The normalized spacial score (nSPS) is 15.7. The highest BCUT2D eigenvalue weighted by Gasteiger charge is 2.34. The molecule has 1 atom stereocenters. The van der Waals surface area contributed by atoms with Crippen molar-refractivity contribution in [2.45, 2.75) is 25.9 Å². The molecule has 0 aromatic heterocycles. The van der Waals surface area contributed by atoms with Crippen molar-refractivity contribution in [2.24, 2.45) is 0 Å². The summed E-state index contributed by atoms with van der Waals surface area (Å²) in [7, 11) is 3.14. The molecule has 27 heavy (non-hydrogen) atoms. The monoisotopic (exact) mass is 368 g/mol. The molecule has 1 N–H and O–H groups in total. The Morgan fingerprint density at radius 3 is 2.59 bits per heavy atom. The molecule has 2 amide bonds. The van der Waals surface area contributed by atoms with E-state index in [-0.39, 0.29) is 18.4 Å². The lowest BCUT2D eigenvalue weighted by Crippen LogP contribution is -2.46. The van der Waals surface area contributed by atoms with Crippen molar-refractivity contribution in [1.82, 2.24) is 10.2 Å². The summed E-state index contributed by atoms with van der Waals surface area (Å²) in [5.41, 5.74) is 2.80. The van der Waals surface area contributed by atoms with E-state index < -0.39 is 6.04 Å². The number of amides is 2. The largest absolute Gasteiger partial charge is 0.493 e. The van der Waals surface area contributed by atoms with E-state index in [2.05, 4.69) is 5.32 Å². The van der Waals surface area contributed by atoms with Gasteiger partial charge in [-0.1, -0.05) is 36.4 Å². The van der Waals surface area contributed by atoms with E-state index in [0.717, 1.165) is 23.1 Å². The Hall–Kier alpha value is -3.02. The standard InChI is InChI=1S/C21H24N2O4/c1-14(24)23-12-11-15-7-4-5-9-17(15)19(23)21(25)22-13-16-8-6-10-18(26-2)20(16)27-3/h4-10,19H,11-13H2,1-3H3,(H,22,25)/t19-/m0/s1. The maximum absolute atomic E-state index is 13.0. The van der Waals surface area contributed by atoms with E-state index in [1.807, 2.05) is 36.4 Å². The van der Waals surface area contributed by atoms with Crippen LogP contribution in [0.25, 0.3) is 0 Å². The van der Waals surface area contributed by atoms with Gasteiger partial charge in [0.15, 0.2) is 11.5 Å². The smallest absolute Gasteiger partial charge is 0.247 e. The lowest BCUT2D eigenvalue weighted by Gasteiger charge is -2.35. The Labute approximate surface area is 159 Å². The molecule has 0 bridgehead atoms. The van der Waals surface area contributed by atoms with Crippen molar-refractivity contribution in [3.63, 3.8) is 0 Å². The van der Waals surface area contributed by atoms with Crippen molar-refractivity contribution in [3.8, 4) is 11.5 Å². The van der Waals surface area contributed by atoms with E-state index in [0.29, 0.717) is 18.0 Å². The summed E-state index contributed by atoms with van der Waals surface area (Å²) in [5.74, 6) is 0.885. The molecule has 1 aliphatic heterocycles. The van der Waals surface area contributed by atoms with Crippen LogP contribution in [0.2, 0.25) is 0 Å². The van der Waals surface area contributed by atoms with Gasteiger partial charge >= 0.3 is 0 Å². The van der Waals surface area contributed by atoms with Gasteiger partial charge in [-0.05, 0) is 23.6 Å². The van der Waals surface area contributed by atoms with Gasteiger partial charge in [-0.3, -0.25) is 9.59 Å². The van der Waals surface area contributed by atoms with Gasteiger partial charge in [0, 0.05) is 25.6 Å². The van der Waals surface area contributed by atoms with Crippen LogP contribution in [0.1, 0.15) is 29.7 Å². The van der Waals surface area contributed by atoms with Crippen LogP contribution in [0.15, 0.2) is 42.5 Å². The molecule has 6 nitrogen and oxygen atoms in total. The first-order valence-corrected chi connectivity index (χ1v) is 8.89.